The van der Waals surface area contributed by atoms with Crippen LogP contribution in [0.4, 0.5) is 0 Å². The molecule has 20 heavy (non-hydrogen) atoms. The molecule has 1 heterocycles. The summed E-state index contributed by atoms with van der Waals surface area (Å²) in [6.07, 6.45) is 3.13. The van der Waals surface area contributed by atoms with Crippen LogP contribution in [0.25, 0.3) is 0 Å². The van der Waals surface area contributed by atoms with Crippen LogP contribution in [0, 0.1) is 0 Å². The number of carbonyl (C=O) groups is 1. The zero-order valence-corrected chi connectivity index (χ0v) is 12.5. The molecule has 0 fully saturated rings. The summed E-state index contributed by atoms with van der Waals surface area (Å²) in [6, 6.07) is 7.33. The molecule has 1 amide bonds. The first kappa shape index (κ1) is 16.5. The Labute approximate surface area is 126 Å². The molecule has 0 spiro atoms. The van der Waals surface area contributed by atoms with Gasteiger partial charge in [-0.25, -0.2) is 0 Å². The summed E-state index contributed by atoms with van der Waals surface area (Å²) in [5.74, 6) is 0.560. The highest BCUT2D eigenvalue weighted by molar-refractivity contribution is 5.97. The number of rotatable bonds is 5. The Morgan fingerprint density at radius 1 is 1.40 bits per heavy atom. The van der Waals surface area contributed by atoms with Gasteiger partial charge in [0, 0.05) is 13.1 Å². The van der Waals surface area contributed by atoms with Gasteiger partial charge in [-0.2, -0.15) is 0 Å². The predicted octanol–water partition coefficient (Wildman–Crippen LogP) is 2.16. The van der Waals surface area contributed by atoms with E-state index in [9.17, 15) is 4.79 Å². The summed E-state index contributed by atoms with van der Waals surface area (Å²) in [7, 11) is 0. The number of amides is 1. The van der Waals surface area contributed by atoms with Crippen LogP contribution in [0.1, 0.15) is 23.7 Å². The molecule has 1 aromatic rings. The maximum Gasteiger partial charge on any atom is 0.255 e. The number of para-hydroxylation sites is 1. The Hall–Kier alpha value is -1.52. The number of benzene rings is 1. The lowest BCUT2D eigenvalue weighted by Gasteiger charge is -2.15. The normalized spacial score (nSPS) is 13.9. The second-order valence-electron chi connectivity index (χ2n) is 4.43. The quantitative estimate of drug-likeness (QED) is 0.819. The maximum absolute atomic E-state index is 12.1. The molecule has 0 saturated carbocycles. The average molecular weight is 297 g/mol. The third-order valence-electron chi connectivity index (χ3n) is 3.07. The second-order valence-corrected chi connectivity index (χ2v) is 4.43. The fourth-order valence-corrected chi connectivity index (χ4v) is 2.05. The van der Waals surface area contributed by atoms with Crippen LogP contribution in [-0.2, 0) is 0 Å². The summed E-state index contributed by atoms with van der Waals surface area (Å²) in [4.78, 5) is 12.1. The Kier molecular flexibility index (Phi) is 7.12. The van der Waals surface area contributed by atoms with Crippen molar-refractivity contribution in [2.45, 2.75) is 13.3 Å². The van der Waals surface area contributed by atoms with Crippen LogP contribution in [0.2, 0.25) is 0 Å². The van der Waals surface area contributed by atoms with Crippen molar-refractivity contribution in [3.8, 4) is 5.75 Å². The van der Waals surface area contributed by atoms with Gasteiger partial charge in [0.2, 0.25) is 0 Å². The van der Waals surface area contributed by atoms with E-state index in [-0.39, 0.29) is 18.3 Å². The molecule has 1 aromatic carbocycles. The van der Waals surface area contributed by atoms with Crippen molar-refractivity contribution in [2.24, 2.45) is 0 Å². The van der Waals surface area contributed by atoms with Gasteiger partial charge in [0.05, 0.1) is 12.2 Å². The Balaban J connectivity index is 0.00000200. The summed E-state index contributed by atoms with van der Waals surface area (Å²) in [6.45, 7) is 4.95. The molecule has 2 N–H and O–H groups in total. The van der Waals surface area contributed by atoms with Crippen molar-refractivity contribution < 1.29 is 9.53 Å². The maximum atomic E-state index is 12.1. The molecule has 0 unspecified atom stereocenters. The van der Waals surface area contributed by atoms with Gasteiger partial charge >= 0.3 is 0 Å². The molecule has 0 bridgehead atoms. The minimum atomic E-state index is -0.0801. The van der Waals surface area contributed by atoms with Crippen LogP contribution < -0.4 is 15.4 Å². The molecule has 5 heteroatoms. The van der Waals surface area contributed by atoms with E-state index in [1.165, 1.54) is 5.57 Å². The molecule has 0 aromatic heterocycles. The van der Waals surface area contributed by atoms with Crippen LogP contribution in [0.3, 0.4) is 0 Å². The molecular formula is C15H21ClN2O2. The third-order valence-corrected chi connectivity index (χ3v) is 3.07. The largest absolute Gasteiger partial charge is 0.493 e. The minimum Gasteiger partial charge on any atom is -0.493 e. The first-order valence-electron chi connectivity index (χ1n) is 6.70. The highest BCUT2D eigenvalue weighted by Gasteiger charge is 2.12. The van der Waals surface area contributed by atoms with E-state index in [1.54, 1.807) is 6.07 Å². The van der Waals surface area contributed by atoms with Gasteiger partial charge in [-0.1, -0.05) is 23.8 Å². The molecule has 0 radical (unpaired) electrons. The molecule has 1 aliphatic rings. The van der Waals surface area contributed by atoms with Crippen molar-refractivity contribution in [3.05, 3.63) is 41.5 Å². The van der Waals surface area contributed by atoms with Gasteiger partial charge in [-0.3, -0.25) is 4.79 Å². The SMILES string of the molecule is CCOc1ccccc1C(=O)NCC1=CCNCC1.Cl. The Morgan fingerprint density at radius 3 is 2.90 bits per heavy atom. The van der Waals surface area contributed by atoms with Crippen LogP contribution >= 0.6 is 12.4 Å². The first-order valence-corrected chi connectivity index (χ1v) is 6.70. The highest BCUT2D eigenvalue weighted by Crippen LogP contribution is 2.17. The van der Waals surface area contributed by atoms with Gasteiger partial charge in [-0.05, 0) is 32.0 Å². The van der Waals surface area contributed by atoms with Gasteiger partial charge in [0.15, 0.2) is 0 Å². The highest BCUT2D eigenvalue weighted by atomic mass is 35.5. The molecule has 2 rings (SSSR count). The molecule has 0 atom stereocenters. The predicted molar refractivity (Wildman–Crippen MR) is 82.8 cm³/mol. The number of nitrogens with one attached hydrogen (secondary N) is 2. The molecule has 0 aliphatic carbocycles. The van der Waals surface area contributed by atoms with Crippen molar-refractivity contribution in [3.63, 3.8) is 0 Å². The zero-order chi connectivity index (χ0) is 13.5. The molecule has 4 nitrogen and oxygen atoms in total. The van der Waals surface area contributed by atoms with Crippen LogP contribution in [0.15, 0.2) is 35.9 Å². The lowest BCUT2D eigenvalue weighted by molar-refractivity contribution is 0.0953. The van der Waals surface area contributed by atoms with E-state index in [2.05, 4.69) is 16.7 Å². The number of carbonyl (C=O) groups excluding carboxylic acids is 1. The van der Waals surface area contributed by atoms with E-state index in [4.69, 9.17) is 4.74 Å². The summed E-state index contributed by atoms with van der Waals surface area (Å²) in [5, 5.41) is 6.20. The number of hydrogen-bond donors (Lipinski definition) is 2. The van der Waals surface area contributed by atoms with Crippen LogP contribution in [-0.4, -0.2) is 32.1 Å². The van der Waals surface area contributed by atoms with Crippen molar-refractivity contribution in [1.29, 1.82) is 0 Å². The van der Waals surface area contributed by atoms with Crippen molar-refractivity contribution >= 4 is 18.3 Å². The van der Waals surface area contributed by atoms with E-state index in [0.717, 1.165) is 19.5 Å². The number of halogens is 1. The van der Waals surface area contributed by atoms with Crippen LogP contribution in [0.5, 0.6) is 5.75 Å². The van der Waals surface area contributed by atoms with Gasteiger partial charge in [0.25, 0.3) is 5.91 Å². The molecule has 110 valence electrons. The van der Waals surface area contributed by atoms with Crippen molar-refractivity contribution in [1.82, 2.24) is 10.6 Å². The molecule has 0 saturated heterocycles. The van der Waals surface area contributed by atoms with E-state index < -0.39 is 0 Å². The molecule has 1 aliphatic heterocycles. The summed E-state index contributed by atoms with van der Waals surface area (Å²) >= 11 is 0. The lowest BCUT2D eigenvalue weighted by Crippen LogP contribution is -2.29. The Morgan fingerprint density at radius 2 is 2.20 bits per heavy atom. The van der Waals surface area contributed by atoms with Gasteiger partial charge in [-0.15, -0.1) is 12.4 Å². The first-order chi connectivity index (χ1) is 9.31. The lowest BCUT2D eigenvalue weighted by atomic mass is 10.1. The third kappa shape index (κ3) is 4.54. The topological polar surface area (TPSA) is 50.4 Å². The average Bonchev–Trinajstić information content (AvgIpc) is 2.47. The van der Waals surface area contributed by atoms with E-state index >= 15 is 0 Å². The zero-order valence-electron chi connectivity index (χ0n) is 11.6. The van der Waals surface area contributed by atoms with Crippen molar-refractivity contribution in [2.75, 3.05) is 26.2 Å². The molecular weight excluding hydrogens is 276 g/mol. The standard InChI is InChI=1S/C15H20N2O2.ClH/c1-2-19-14-6-4-3-5-13(14)15(18)17-11-12-7-9-16-10-8-12;/h3-7,16H,2,8-11H2,1H3,(H,17,18);1H. The number of ether oxygens (including phenoxy) is 1. The summed E-state index contributed by atoms with van der Waals surface area (Å²) < 4.78 is 5.46. The van der Waals surface area contributed by atoms with E-state index in [1.807, 2.05) is 25.1 Å². The fraction of sp³-hybridized carbons (Fsp3) is 0.400. The van der Waals surface area contributed by atoms with E-state index in [0.29, 0.717) is 24.5 Å². The number of hydrogen-bond acceptors (Lipinski definition) is 3. The minimum absolute atomic E-state index is 0. The monoisotopic (exact) mass is 296 g/mol. The summed E-state index contributed by atoms with van der Waals surface area (Å²) in [5.41, 5.74) is 1.87. The smallest absolute Gasteiger partial charge is 0.255 e. The Bertz CT molecular complexity index is 475. The van der Waals surface area contributed by atoms with Gasteiger partial charge < -0.3 is 15.4 Å². The fourth-order valence-electron chi connectivity index (χ4n) is 2.05. The van der Waals surface area contributed by atoms with Gasteiger partial charge in [0.1, 0.15) is 5.75 Å². The second kappa shape index (κ2) is 8.61.